The lowest BCUT2D eigenvalue weighted by molar-refractivity contribution is 0.289. The number of halogens is 3. The van der Waals surface area contributed by atoms with Gasteiger partial charge >= 0.3 is 0 Å². The Balaban J connectivity index is 2.08. The molecule has 3 nitrogen and oxygen atoms in total. The molecule has 0 aromatic heterocycles. The lowest BCUT2D eigenvalue weighted by atomic mass is 10.2. The molecule has 0 aliphatic heterocycles. The highest BCUT2D eigenvalue weighted by Crippen LogP contribution is 2.19. The first kappa shape index (κ1) is 13.9. The van der Waals surface area contributed by atoms with Crippen LogP contribution < -0.4 is 10.6 Å². The average Bonchev–Trinajstić information content (AvgIpc) is 2.42. The van der Waals surface area contributed by atoms with Gasteiger partial charge in [-0.25, -0.2) is 13.2 Å². The molecule has 20 heavy (non-hydrogen) atoms. The summed E-state index contributed by atoms with van der Waals surface area (Å²) in [6, 6.07) is 7.54. The molecule has 0 radical (unpaired) electrons. The molecule has 0 unspecified atom stereocenters. The third-order valence-corrected chi connectivity index (χ3v) is 2.56. The van der Waals surface area contributed by atoms with Crippen molar-refractivity contribution >= 4 is 6.21 Å². The van der Waals surface area contributed by atoms with E-state index in [4.69, 9.17) is 10.6 Å². The fourth-order valence-electron chi connectivity index (χ4n) is 1.59. The molecule has 0 saturated carbocycles. The van der Waals surface area contributed by atoms with Crippen molar-refractivity contribution in [2.24, 2.45) is 10.9 Å². The summed E-state index contributed by atoms with van der Waals surface area (Å²) < 4.78 is 44.6. The Morgan fingerprint density at radius 3 is 2.45 bits per heavy atom. The maximum Gasteiger partial charge on any atom is 0.165 e. The van der Waals surface area contributed by atoms with Gasteiger partial charge in [-0.15, -0.1) is 0 Å². The van der Waals surface area contributed by atoms with Crippen molar-refractivity contribution in [2.45, 2.75) is 6.61 Å². The summed E-state index contributed by atoms with van der Waals surface area (Å²) in [6.45, 7) is -0.0710. The molecular formula is C14H11F3N2O. The van der Waals surface area contributed by atoms with Gasteiger partial charge in [0.25, 0.3) is 0 Å². The topological polar surface area (TPSA) is 47.6 Å². The number of hydrogen-bond donors (Lipinski definition) is 1. The van der Waals surface area contributed by atoms with E-state index in [1.54, 1.807) is 6.07 Å². The lowest BCUT2D eigenvalue weighted by Gasteiger charge is -2.08. The van der Waals surface area contributed by atoms with Gasteiger partial charge in [0.2, 0.25) is 0 Å². The van der Waals surface area contributed by atoms with Gasteiger partial charge < -0.3 is 10.6 Å². The van der Waals surface area contributed by atoms with E-state index in [-0.39, 0.29) is 12.4 Å². The second-order valence-corrected chi connectivity index (χ2v) is 4.01. The fraction of sp³-hybridized carbons (Fsp3) is 0.0714. The Morgan fingerprint density at radius 2 is 1.80 bits per heavy atom. The van der Waals surface area contributed by atoms with Crippen molar-refractivity contribution in [3.8, 4) is 5.75 Å². The van der Waals surface area contributed by atoms with Crippen molar-refractivity contribution in [3.63, 3.8) is 0 Å². The third kappa shape index (κ3) is 3.28. The zero-order chi connectivity index (χ0) is 14.5. The molecule has 0 amide bonds. The molecular weight excluding hydrogens is 269 g/mol. The Bertz CT molecular complexity index is 644. The van der Waals surface area contributed by atoms with E-state index in [1.807, 2.05) is 0 Å². The highest BCUT2D eigenvalue weighted by Gasteiger charge is 2.06. The van der Waals surface area contributed by atoms with Crippen molar-refractivity contribution in [2.75, 3.05) is 0 Å². The van der Waals surface area contributed by atoms with Crippen LogP contribution in [0.15, 0.2) is 41.5 Å². The Labute approximate surface area is 113 Å². The van der Waals surface area contributed by atoms with Gasteiger partial charge in [-0.3, -0.25) is 0 Å². The predicted octanol–water partition coefficient (Wildman–Crippen LogP) is 2.98. The highest BCUT2D eigenvalue weighted by atomic mass is 19.2. The van der Waals surface area contributed by atoms with Crippen LogP contribution in [-0.4, -0.2) is 6.21 Å². The minimum atomic E-state index is -0.971. The first-order valence-electron chi connectivity index (χ1n) is 5.69. The molecule has 0 atom stereocenters. The number of nitrogens with zero attached hydrogens (tertiary/aromatic N) is 1. The monoisotopic (exact) mass is 280 g/mol. The summed E-state index contributed by atoms with van der Waals surface area (Å²) in [5.41, 5.74) is 0.890. The molecule has 0 heterocycles. The van der Waals surface area contributed by atoms with Crippen molar-refractivity contribution in [3.05, 3.63) is 65.0 Å². The summed E-state index contributed by atoms with van der Waals surface area (Å²) in [5.74, 6) is 2.46. The van der Waals surface area contributed by atoms with Crippen LogP contribution in [0.4, 0.5) is 13.2 Å². The van der Waals surface area contributed by atoms with E-state index in [0.717, 1.165) is 12.1 Å². The van der Waals surface area contributed by atoms with Crippen LogP contribution in [0, 0.1) is 17.5 Å². The van der Waals surface area contributed by atoms with Gasteiger partial charge in [-0.05, 0) is 41.5 Å². The number of hydrogen-bond acceptors (Lipinski definition) is 3. The van der Waals surface area contributed by atoms with E-state index >= 15 is 0 Å². The first-order chi connectivity index (χ1) is 9.60. The average molecular weight is 280 g/mol. The molecule has 2 N–H and O–H groups in total. The quantitative estimate of drug-likeness (QED) is 0.531. The normalized spacial score (nSPS) is 10.9. The number of ether oxygens (including phenoxy) is 1. The molecule has 104 valence electrons. The molecule has 2 rings (SSSR count). The van der Waals surface area contributed by atoms with E-state index < -0.39 is 17.5 Å². The SMILES string of the molecule is NN=Cc1ccc(OCc2ccc(F)c(F)c2)c(F)c1. The van der Waals surface area contributed by atoms with Gasteiger partial charge in [-0.1, -0.05) is 6.07 Å². The first-order valence-corrected chi connectivity index (χ1v) is 5.69. The molecule has 0 spiro atoms. The summed E-state index contributed by atoms with van der Waals surface area (Å²) >= 11 is 0. The van der Waals surface area contributed by atoms with Gasteiger partial charge in [-0.2, -0.15) is 5.10 Å². The Morgan fingerprint density at radius 1 is 1.00 bits per heavy atom. The van der Waals surface area contributed by atoms with Crippen LogP contribution in [0.25, 0.3) is 0 Å². The highest BCUT2D eigenvalue weighted by molar-refractivity contribution is 5.79. The number of hydrazone groups is 1. The lowest BCUT2D eigenvalue weighted by Crippen LogP contribution is -1.99. The summed E-state index contributed by atoms with van der Waals surface area (Å²) in [4.78, 5) is 0. The molecule has 0 aliphatic carbocycles. The van der Waals surface area contributed by atoms with Crippen molar-refractivity contribution in [1.82, 2.24) is 0 Å². The second kappa shape index (κ2) is 6.10. The van der Waals surface area contributed by atoms with Crippen molar-refractivity contribution in [1.29, 1.82) is 0 Å². The smallest absolute Gasteiger partial charge is 0.165 e. The van der Waals surface area contributed by atoms with Crippen LogP contribution in [0.5, 0.6) is 5.75 Å². The largest absolute Gasteiger partial charge is 0.486 e. The molecule has 0 aliphatic rings. The van der Waals surface area contributed by atoms with Gasteiger partial charge in [0.1, 0.15) is 6.61 Å². The summed E-state index contributed by atoms with van der Waals surface area (Å²) in [5, 5.41) is 3.28. The van der Waals surface area contributed by atoms with E-state index in [2.05, 4.69) is 5.10 Å². The Kier molecular flexibility index (Phi) is 4.24. The van der Waals surface area contributed by atoms with Gasteiger partial charge in [0, 0.05) is 0 Å². The molecule has 0 bridgehead atoms. The van der Waals surface area contributed by atoms with E-state index in [9.17, 15) is 13.2 Å². The van der Waals surface area contributed by atoms with Crippen LogP contribution >= 0.6 is 0 Å². The molecule has 0 fully saturated rings. The summed E-state index contributed by atoms with van der Waals surface area (Å²) in [7, 11) is 0. The van der Waals surface area contributed by atoms with Crippen LogP contribution in [-0.2, 0) is 6.61 Å². The minimum Gasteiger partial charge on any atom is -0.486 e. The van der Waals surface area contributed by atoms with E-state index in [1.165, 1.54) is 24.4 Å². The van der Waals surface area contributed by atoms with Crippen molar-refractivity contribution < 1.29 is 17.9 Å². The molecule has 2 aromatic carbocycles. The maximum absolute atomic E-state index is 13.7. The molecule has 6 heteroatoms. The number of rotatable bonds is 4. The predicted molar refractivity (Wildman–Crippen MR) is 68.9 cm³/mol. The Hall–Kier alpha value is -2.50. The van der Waals surface area contributed by atoms with E-state index in [0.29, 0.717) is 11.1 Å². The molecule has 0 saturated heterocycles. The van der Waals surface area contributed by atoms with Crippen LogP contribution in [0.2, 0.25) is 0 Å². The van der Waals surface area contributed by atoms with Crippen LogP contribution in [0.1, 0.15) is 11.1 Å². The van der Waals surface area contributed by atoms with Crippen LogP contribution in [0.3, 0.4) is 0 Å². The zero-order valence-corrected chi connectivity index (χ0v) is 10.3. The standard InChI is InChI=1S/C14H11F3N2O/c15-11-3-1-10(6-12(11)16)8-20-14-4-2-9(7-19-18)5-13(14)17/h1-7H,8,18H2. The third-order valence-electron chi connectivity index (χ3n) is 2.56. The van der Waals surface area contributed by atoms with Gasteiger partial charge in [0.15, 0.2) is 23.2 Å². The second-order valence-electron chi connectivity index (χ2n) is 4.01. The molecule has 2 aromatic rings. The van der Waals surface area contributed by atoms with Gasteiger partial charge in [0.05, 0.1) is 6.21 Å². The fourth-order valence-corrected chi connectivity index (χ4v) is 1.59. The number of nitrogens with two attached hydrogens (primary N) is 1. The number of benzene rings is 2. The summed E-state index contributed by atoms with van der Waals surface area (Å²) in [6.07, 6.45) is 1.29. The minimum absolute atomic E-state index is 0.00362. The zero-order valence-electron chi connectivity index (χ0n) is 10.3. The maximum atomic E-state index is 13.7.